The Balaban J connectivity index is 1.50. The maximum absolute atomic E-state index is 13.1. The van der Waals surface area contributed by atoms with E-state index in [-0.39, 0.29) is 17.8 Å². The molecule has 0 bridgehead atoms. The van der Waals surface area contributed by atoms with Crippen LogP contribution < -0.4 is 0 Å². The van der Waals surface area contributed by atoms with Gasteiger partial charge in [0.15, 0.2) is 0 Å². The molecular weight excluding hydrogens is 344 g/mol. The zero-order chi connectivity index (χ0) is 19.3. The van der Waals surface area contributed by atoms with E-state index in [0.29, 0.717) is 12.5 Å². The maximum Gasteiger partial charge on any atom is 0.309 e. The van der Waals surface area contributed by atoms with Crippen LogP contribution in [0.25, 0.3) is 11.1 Å². The third kappa shape index (κ3) is 3.78. The average Bonchev–Trinajstić information content (AvgIpc) is 2.87. The number of carbonyl (C=O) groups excluding carboxylic acids is 1. The highest BCUT2D eigenvalue weighted by molar-refractivity contribution is 5.79. The van der Waals surface area contributed by atoms with Crippen LogP contribution in [0.3, 0.4) is 0 Å². The van der Waals surface area contributed by atoms with Gasteiger partial charge in [-0.25, -0.2) is 0 Å². The molecule has 146 valence electrons. The van der Waals surface area contributed by atoms with Gasteiger partial charge >= 0.3 is 5.97 Å². The van der Waals surface area contributed by atoms with E-state index in [2.05, 4.69) is 67.6 Å². The molecule has 2 nitrogen and oxygen atoms in total. The van der Waals surface area contributed by atoms with Crippen molar-refractivity contribution < 1.29 is 9.53 Å². The molecule has 0 aromatic heterocycles. The van der Waals surface area contributed by atoms with E-state index in [9.17, 15) is 4.79 Å². The lowest BCUT2D eigenvalue weighted by Gasteiger charge is -2.23. The van der Waals surface area contributed by atoms with Crippen LogP contribution >= 0.6 is 0 Å². The van der Waals surface area contributed by atoms with Crippen molar-refractivity contribution in [1.29, 1.82) is 0 Å². The fourth-order valence-electron chi connectivity index (χ4n) is 5.00. The lowest BCUT2D eigenvalue weighted by molar-refractivity contribution is -0.151. The van der Waals surface area contributed by atoms with Crippen molar-refractivity contribution >= 4 is 5.97 Å². The van der Waals surface area contributed by atoms with E-state index >= 15 is 0 Å². The van der Waals surface area contributed by atoms with Crippen molar-refractivity contribution in [1.82, 2.24) is 0 Å². The van der Waals surface area contributed by atoms with E-state index < -0.39 is 0 Å². The second kappa shape index (κ2) is 8.77. The molecule has 0 radical (unpaired) electrons. The number of ether oxygens (including phenoxy) is 1. The third-order valence-electron chi connectivity index (χ3n) is 6.49. The van der Waals surface area contributed by atoms with E-state index in [4.69, 9.17) is 4.74 Å². The molecule has 4 rings (SSSR count). The topological polar surface area (TPSA) is 26.3 Å². The number of hydrogen-bond acceptors (Lipinski definition) is 2. The van der Waals surface area contributed by atoms with Crippen molar-refractivity contribution in [2.75, 3.05) is 6.61 Å². The smallest absolute Gasteiger partial charge is 0.309 e. The Morgan fingerprint density at radius 3 is 2.29 bits per heavy atom. The molecule has 2 aromatic carbocycles. The second-order valence-corrected chi connectivity index (χ2v) is 8.17. The molecule has 0 amide bonds. The Morgan fingerprint density at radius 1 is 0.964 bits per heavy atom. The summed E-state index contributed by atoms with van der Waals surface area (Å²) in [6.07, 6.45) is 11.0. The van der Waals surface area contributed by atoms with E-state index in [0.717, 1.165) is 25.7 Å². The van der Waals surface area contributed by atoms with E-state index in [1.165, 1.54) is 35.1 Å². The minimum Gasteiger partial charge on any atom is -0.464 e. The Bertz CT molecular complexity index is 806. The molecule has 2 aliphatic rings. The summed E-state index contributed by atoms with van der Waals surface area (Å²) in [6, 6.07) is 17.0. The number of fused-ring (bicyclic) bond motifs is 3. The monoisotopic (exact) mass is 374 g/mol. The second-order valence-electron chi connectivity index (χ2n) is 8.17. The minimum atomic E-state index is 0.0123. The SMILES string of the molecule is CC=CCC1CCCCCC1C(=O)OCC1c2ccccc2-c2ccccc21. The Hall–Kier alpha value is -2.35. The van der Waals surface area contributed by atoms with E-state index in [1.54, 1.807) is 0 Å². The van der Waals surface area contributed by atoms with E-state index in [1.807, 2.05) is 0 Å². The van der Waals surface area contributed by atoms with Crippen LogP contribution in [0, 0.1) is 11.8 Å². The normalized spacial score (nSPS) is 21.9. The van der Waals surface area contributed by atoms with Gasteiger partial charge in [0.25, 0.3) is 0 Å². The fraction of sp³-hybridized carbons (Fsp3) is 0.423. The van der Waals surface area contributed by atoms with Crippen molar-refractivity contribution in [3.63, 3.8) is 0 Å². The molecule has 2 aromatic rings. The molecule has 0 N–H and O–H groups in total. The van der Waals surface area contributed by atoms with Crippen LogP contribution in [0.5, 0.6) is 0 Å². The zero-order valence-electron chi connectivity index (χ0n) is 16.8. The molecule has 0 heterocycles. The van der Waals surface area contributed by atoms with Crippen molar-refractivity contribution in [2.24, 2.45) is 11.8 Å². The van der Waals surface area contributed by atoms with Gasteiger partial charge in [-0.2, -0.15) is 0 Å². The van der Waals surface area contributed by atoms with Crippen LogP contribution in [0.15, 0.2) is 60.7 Å². The highest BCUT2D eigenvalue weighted by Crippen LogP contribution is 2.44. The molecule has 2 heteroatoms. The molecular formula is C26H30O2. The molecule has 0 spiro atoms. The van der Waals surface area contributed by atoms with Gasteiger partial charge in [-0.1, -0.05) is 79.9 Å². The Kier molecular flexibility index (Phi) is 5.95. The summed E-state index contributed by atoms with van der Waals surface area (Å²) in [6.45, 7) is 2.50. The summed E-state index contributed by atoms with van der Waals surface area (Å²) >= 11 is 0. The van der Waals surface area contributed by atoms with Gasteiger partial charge < -0.3 is 4.74 Å². The number of carbonyl (C=O) groups is 1. The first-order chi connectivity index (χ1) is 13.8. The molecule has 2 atom stereocenters. The summed E-state index contributed by atoms with van der Waals surface area (Å²) in [5.41, 5.74) is 5.12. The standard InChI is InChI=1S/C26H30O2/c1-2-3-11-19-12-5-4-6-13-20(19)26(27)28-18-25-23-16-9-7-14-21(23)22-15-8-10-17-24(22)25/h2-3,7-10,14-17,19-20,25H,4-6,11-13,18H2,1H3. The van der Waals surface area contributed by atoms with Gasteiger partial charge in [-0.15, -0.1) is 0 Å². The van der Waals surface area contributed by atoms with Gasteiger partial charge in [0.05, 0.1) is 5.92 Å². The van der Waals surface area contributed by atoms with Crippen LogP contribution in [0.1, 0.15) is 62.5 Å². The summed E-state index contributed by atoms with van der Waals surface area (Å²) in [5.74, 6) is 0.634. The first kappa shape index (κ1) is 19.0. The Labute approximate surface area is 168 Å². The van der Waals surface area contributed by atoms with Crippen LogP contribution in [-0.4, -0.2) is 12.6 Å². The summed E-state index contributed by atoms with van der Waals surface area (Å²) in [5, 5.41) is 0. The molecule has 1 fully saturated rings. The number of allylic oxidation sites excluding steroid dienone is 2. The van der Waals surface area contributed by atoms with Gasteiger partial charge in [0, 0.05) is 5.92 Å². The van der Waals surface area contributed by atoms with Gasteiger partial charge in [0.2, 0.25) is 0 Å². The Morgan fingerprint density at radius 2 is 1.61 bits per heavy atom. The van der Waals surface area contributed by atoms with Crippen molar-refractivity contribution in [2.45, 2.75) is 51.4 Å². The van der Waals surface area contributed by atoms with Crippen LogP contribution in [-0.2, 0) is 9.53 Å². The zero-order valence-corrected chi connectivity index (χ0v) is 16.8. The van der Waals surface area contributed by atoms with Gasteiger partial charge in [0.1, 0.15) is 6.61 Å². The molecule has 2 unspecified atom stereocenters. The predicted octanol–water partition coefficient (Wildman–Crippen LogP) is 6.50. The summed E-state index contributed by atoms with van der Waals surface area (Å²) < 4.78 is 5.98. The third-order valence-corrected chi connectivity index (χ3v) is 6.49. The van der Waals surface area contributed by atoms with Crippen LogP contribution in [0.4, 0.5) is 0 Å². The van der Waals surface area contributed by atoms with Crippen molar-refractivity contribution in [3.05, 3.63) is 71.8 Å². The highest BCUT2D eigenvalue weighted by Gasteiger charge is 2.33. The molecule has 28 heavy (non-hydrogen) atoms. The first-order valence-corrected chi connectivity index (χ1v) is 10.8. The number of rotatable bonds is 5. The molecule has 0 aliphatic heterocycles. The largest absolute Gasteiger partial charge is 0.464 e. The lowest BCUT2D eigenvalue weighted by atomic mass is 9.85. The lowest BCUT2D eigenvalue weighted by Crippen LogP contribution is -2.26. The van der Waals surface area contributed by atoms with Crippen molar-refractivity contribution in [3.8, 4) is 11.1 Å². The first-order valence-electron chi connectivity index (χ1n) is 10.8. The van der Waals surface area contributed by atoms with Gasteiger partial charge in [-0.05, 0) is 54.4 Å². The maximum atomic E-state index is 13.1. The average molecular weight is 375 g/mol. The summed E-state index contributed by atoms with van der Waals surface area (Å²) in [7, 11) is 0. The number of benzene rings is 2. The highest BCUT2D eigenvalue weighted by atomic mass is 16.5. The number of esters is 1. The number of hydrogen-bond donors (Lipinski definition) is 0. The minimum absolute atomic E-state index is 0.0123. The molecule has 0 saturated heterocycles. The molecule has 2 aliphatic carbocycles. The van der Waals surface area contributed by atoms with Gasteiger partial charge in [-0.3, -0.25) is 4.79 Å². The van der Waals surface area contributed by atoms with Crippen LogP contribution in [0.2, 0.25) is 0 Å². The quantitative estimate of drug-likeness (QED) is 0.339. The summed E-state index contributed by atoms with van der Waals surface area (Å²) in [4.78, 5) is 13.1. The fourth-order valence-corrected chi connectivity index (χ4v) is 5.00. The predicted molar refractivity (Wildman–Crippen MR) is 114 cm³/mol. The molecule has 1 saturated carbocycles.